The van der Waals surface area contributed by atoms with Crippen molar-refractivity contribution in [2.45, 2.75) is 39.8 Å². The number of carbonyl (C=O) groups excluding carboxylic acids is 1. The first-order valence-electron chi connectivity index (χ1n) is 13.8. The van der Waals surface area contributed by atoms with Crippen molar-refractivity contribution in [3.05, 3.63) is 85.5 Å². The van der Waals surface area contributed by atoms with Gasteiger partial charge in [0.1, 0.15) is 27.5 Å². The van der Waals surface area contributed by atoms with Gasteiger partial charge in [-0.25, -0.2) is 0 Å². The average Bonchev–Trinajstić information content (AvgIpc) is 3.29. The number of carbonyl (C=O) groups is 1. The highest BCUT2D eigenvalue weighted by atomic mass is 32.2. The van der Waals surface area contributed by atoms with E-state index < -0.39 is 0 Å². The van der Waals surface area contributed by atoms with Crippen LogP contribution in [0.1, 0.15) is 41.2 Å². The summed E-state index contributed by atoms with van der Waals surface area (Å²) in [5, 5.41) is 13.3. The number of nitriles is 1. The number of anilines is 1. The summed E-state index contributed by atoms with van der Waals surface area (Å²) in [5.41, 5.74) is 2.76. The van der Waals surface area contributed by atoms with Gasteiger partial charge in [0.05, 0.1) is 26.2 Å². The summed E-state index contributed by atoms with van der Waals surface area (Å²) in [6.45, 7) is 4.92. The molecule has 0 unspecified atom stereocenters. The third-order valence-corrected chi connectivity index (χ3v) is 8.54. The van der Waals surface area contributed by atoms with Crippen LogP contribution in [0.25, 0.3) is 6.08 Å². The number of thiocarbonyl (C=S) groups is 1. The molecule has 3 aromatic rings. The number of nitrogens with one attached hydrogen (secondary N) is 1. The number of thioether (sulfide) groups is 1. The van der Waals surface area contributed by atoms with E-state index in [-0.39, 0.29) is 17.0 Å². The van der Waals surface area contributed by atoms with Crippen LogP contribution in [0.15, 0.2) is 52.2 Å². The van der Waals surface area contributed by atoms with Crippen molar-refractivity contribution in [1.29, 1.82) is 5.26 Å². The van der Waals surface area contributed by atoms with Gasteiger partial charge in [-0.15, -0.1) is 0 Å². The van der Waals surface area contributed by atoms with E-state index in [9.17, 15) is 14.9 Å². The van der Waals surface area contributed by atoms with Crippen molar-refractivity contribution < 1.29 is 19.0 Å². The van der Waals surface area contributed by atoms with E-state index in [0.29, 0.717) is 70.1 Å². The Kier molecular flexibility index (Phi) is 10.5. The fourth-order valence-electron chi connectivity index (χ4n) is 4.82. The fraction of sp³-hybridized carbons (Fsp3) is 0.312. The zero-order valence-electron chi connectivity index (χ0n) is 24.9. The molecule has 1 aliphatic heterocycles. The van der Waals surface area contributed by atoms with Crippen LogP contribution < -0.4 is 25.1 Å². The first-order chi connectivity index (χ1) is 20.8. The van der Waals surface area contributed by atoms with Crippen molar-refractivity contribution in [2.24, 2.45) is 0 Å². The Balaban J connectivity index is 1.67. The molecule has 1 aromatic heterocycles. The number of nitrogens with zero attached hydrogens (tertiary/aromatic N) is 3. The third kappa shape index (κ3) is 6.87. The molecular formula is C32H34N4O5S2. The molecule has 1 saturated heterocycles. The minimum Gasteiger partial charge on any atom is -0.497 e. The normalized spacial score (nSPS) is 13.8. The molecule has 0 saturated carbocycles. The van der Waals surface area contributed by atoms with E-state index in [1.807, 2.05) is 49.4 Å². The second-order valence-electron chi connectivity index (χ2n) is 9.81. The van der Waals surface area contributed by atoms with Gasteiger partial charge in [-0.1, -0.05) is 49.1 Å². The lowest BCUT2D eigenvalue weighted by molar-refractivity contribution is -0.122. The largest absolute Gasteiger partial charge is 0.497 e. The number of aromatic nitrogens is 1. The number of hydrogen-bond donors (Lipinski definition) is 1. The van der Waals surface area contributed by atoms with Crippen molar-refractivity contribution in [2.75, 3.05) is 33.2 Å². The molecule has 1 N–H and O–H groups in total. The molecule has 1 amide bonds. The molecule has 2 heterocycles. The number of methoxy groups -OCH3 is 3. The van der Waals surface area contributed by atoms with Crippen LogP contribution in [0.3, 0.4) is 0 Å². The van der Waals surface area contributed by atoms with Gasteiger partial charge < -0.3 is 19.5 Å². The van der Waals surface area contributed by atoms with Gasteiger partial charge in [0.15, 0.2) is 11.5 Å². The number of ether oxygens (including phenoxy) is 3. The van der Waals surface area contributed by atoms with E-state index in [1.54, 1.807) is 43.8 Å². The summed E-state index contributed by atoms with van der Waals surface area (Å²) in [6, 6.07) is 15.3. The zero-order valence-corrected chi connectivity index (χ0v) is 26.5. The standard InChI is InChI=1S/C32H34N4O5S2/c1-6-14-35-29(34-19-22-7-10-23(39-3)11-8-22)24(20(2)25(18-33)30(35)37)17-28-31(38)36(32(42)43-28)15-13-21-9-12-26(40-4)27(16-21)41-5/h7-12,16-17,34H,6,13-15,19H2,1-5H3/b28-17+. The maximum absolute atomic E-state index is 13.6. The van der Waals surface area contributed by atoms with Crippen LogP contribution in [0.4, 0.5) is 5.82 Å². The molecule has 4 rings (SSSR count). The minimum absolute atomic E-state index is 0.0543. The van der Waals surface area contributed by atoms with E-state index in [1.165, 1.54) is 11.8 Å². The fourth-order valence-corrected chi connectivity index (χ4v) is 6.11. The molecule has 43 heavy (non-hydrogen) atoms. The topological polar surface area (TPSA) is 106 Å². The van der Waals surface area contributed by atoms with Crippen LogP contribution in [0.2, 0.25) is 0 Å². The molecule has 9 nitrogen and oxygen atoms in total. The molecule has 0 radical (unpaired) electrons. The van der Waals surface area contributed by atoms with Crippen LogP contribution in [-0.2, 0) is 24.3 Å². The van der Waals surface area contributed by atoms with E-state index in [2.05, 4.69) is 11.4 Å². The van der Waals surface area contributed by atoms with Crippen LogP contribution in [-0.4, -0.2) is 47.6 Å². The Morgan fingerprint density at radius 3 is 2.33 bits per heavy atom. The molecule has 0 atom stereocenters. The van der Waals surface area contributed by atoms with E-state index in [4.69, 9.17) is 26.4 Å². The lowest BCUT2D eigenvalue weighted by Crippen LogP contribution is -2.30. The SMILES string of the molecule is CCCn1c(NCc2ccc(OC)cc2)c(/C=C2/SC(=S)N(CCc3ccc(OC)c(OC)c3)C2=O)c(C)c(C#N)c1=O. The summed E-state index contributed by atoms with van der Waals surface area (Å²) in [4.78, 5) is 28.9. The van der Waals surface area contributed by atoms with Crippen molar-refractivity contribution in [1.82, 2.24) is 9.47 Å². The maximum Gasteiger partial charge on any atom is 0.270 e. The summed E-state index contributed by atoms with van der Waals surface area (Å²) in [6.07, 6.45) is 2.99. The van der Waals surface area contributed by atoms with Crippen molar-refractivity contribution in [3.8, 4) is 23.3 Å². The summed E-state index contributed by atoms with van der Waals surface area (Å²) in [5.74, 6) is 2.32. The number of benzene rings is 2. The van der Waals surface area contributed by atoms with Gasteiger partial charge in [0.25, 0.3) is 11.5 Å². The average molecular weight is 619 g/mol. The number of amides is 1. The Bertz CT molecular complexity index is 1660. The predicted octanol–water partition coefficient (Wildman–Crippen LogP) is 5.52. The highest BCUT2D eigenvalue weighted by molar-refractivity contribution is 8.26. The molecule has 0 aliphatic carbocycles. The summed E-state index contributed by atoms with van der Waals surface area (Å²) in [7, 11) is 4.78. The van der Waals surface area contributed by atoms with Gasteiger partial charge in [0, 0.05) is 25.2 Å². The van der Waals surface area contributed by atoms with Crippen molar-refractivity contribution in [3.63, 3.8) is 0 Å². The van der Waals surface area contributed by atoms with Crippen LogP contribution in [0, 0.1) is 18.3 Å². The summed E-state index contributed by atoms with van der Waals surface area (Å²) >= 11 is 6.81. The Hall–Kier alpha value is -4.27. The molecule has 0 spiro atoms. The van der Waals surface area contributed by atoms with Crippen LogP contribution >= 0.6 is 24.0 Å². The predicted molar refractivity (Wildman–Crippen MR) is 174 cm³/mol. The van der Waals surface area contributed by atoms with Gasteiger partial charge in [0.2, 0.25) is 0 Å². The van der Waals surface area contributed by atoms with E-state index >= 15 is 0 Å². The Morgan fingerprint density at radius 2 is 1.70 bits per heavy atom. The Labute approximate surface area is 261 Å². The smallest absolute Gasteiger partial charge is 0.270 e. The first kappa shape index (κ1) is 31.7. The van der Waals surface area contributed by atoms with Gasteiger partial charge in [-0.2, -0.15) is 5.26 Å². The molecule has 1 fully saturated rings. The molecule has 224 valence electrons. The quantitative estimate of drug-likeness (QED) is 0.207. The number of hydrogen-bond acceptors (Lipinski definition) is 9. The maximum atomic E-state index is 13.6. The van der Waals surface area contributed by atoms with Gasteiger partial charge >= 0.3 is 0 Å². The van der Waals surface area contributed by atoms with Crippen LogP contribution in [0.5, 0.6) is 17.2 Å². The monoisotopic (exact) mass is 618 g/mol. The van der Waals surface area contributed by atoms with E-state index in [0.717, 1.165) is 16.9 Å². The zero-order chi connectivity index (χ0) is 31.1. The highest BCUT2D eigenvalue weighted by Crippen LogP contribution is 2.36. The summed E-state index contributed by atoms with van der Waals surface area (Å²) < 4.78 is 18.0. The lowest BCUT2D eigenvalue weighted by Gasteiger charge is -2.20. The van der Waals surface area contributed by atoms with Crippen molar-refractivity contribution >= 4 is 46.1 Å². The molecular weight excluding hydrogens is 585 g/mol. The molecule has 11 heteroatoms. The Morgan fingerprint density at radius 1 is 1.00 bits per heavy atom. The third-order valence-electron chi connectivity index (χ3n) is 7.16. The number of pyridine rings is 1. The molecule has 2 aromatic carbocycles. The second-order valence-corrected chi connectivity index (χ2v) is 11.5. The molecule has 0 bridgehead atoms. The lowest BCUT2D eigenvalue weighted by atomic mass is 10.0. The van der Waals surface area contributed by atoms with Gasteiger partial charge in [-0.3, -0.25) is 19.1 Å². The highest BCUT2D eigenvalue weighted by Gasteiger charge is 2.32. The second kappa shape index (κ2) is 14.3. The number of rotatable bonds is 12. The first-order valence-corrected chi connectivity index (χ1v) is 15.0. The van der Waals surface area contributed by atoms with Gasteiger partial charge in [-0.05, 0) is 66.8 Å². The minimum atomic E-state index is -0.362. The molecule has 1 aliphatic rings.